The first kappa shape index (κ1) is 82.3. The van der Waals surface area contributed by atoms with Gasteiger partial charge in [0.15, 0.2) is 0 Å². The van der Waals surface area contributed by atoms with E-state index >= 15 is 0 Å². The van der Waals surface area contributed by atoms with E-state index in [4.69, 9.17) is 10.9 Å². The molecule has 13 nitrogen and oxygen atoms in total. The zero-order valence-electron chi connectivity index (χ0n) is 70.5. The second-order valence-electron chi connectivity index (χ2n) is 32.2. The topological polar surface area (TPSA) is 147 Å². The molecule has 4 atom stereocenters. The van der Waals surface area contributed by atoms with Gasteiger partial charge in [0.05, 0.1) is 57.7 Å². The SMILES string of the molecule is C/C(=N\Nc1ccc(C)cc1)c1ccccc1.CC(C)=NN1c2ccc(C)cc2CC1c1ccccc1.Cc1cc2c3c(c1)c1c(n3C(c3ccccc3)C2)CCN(C)C1.Cc1ccc(NN)cc1.Cc1ccc2[nH]c(-c3ccccc3)cc2c1.Cc1ccc2c(c1)CC(c1ccccc1)N2.Cc1ccc2c(c1)CC(c1ccccc1)N2N=O. The molecular formula is C106H110N12O. The highest BCUT2D eigenvalue weighted by molar-refractivity contribution is 5.99. The Bertz CT molecular complexity index is 5940. The van der Waals surface area contributed by atoms with Gasteiger partial charge in [-0.15, -0.1) is 4.91 Å². The molecule has 13 heteroatoms. The van der Waals surface area contributed by atoms with Gasteiger partial charge in [-0.3, -0.25) is 16.3 Å². The minimum atomic E-state index is 0.0282. The number of likely N-dealkylation sites (N-methyl/N-ethyl adjacent to an activating group) is 1. The van der Waals surface area contributed by atoms with E-state index in [1.165, 1.54) is 135 Å². The zero-order valence-corrected chi connectivity index (χ0v) is 70.5. The number of hydrazine groups is 1. The molecule has 6 N–H and O–H groups in total. The number of benzene rings is 13. The molecule has 13 aromatic carbocycles. The number of aryl methyl sites for hydroxylation is 7. The molecule has 0 saturated heterocycles. The molecule has 20 rings (SSSR count). The van der Waals surface area contributed by atoms with Gasteiger partial charge in [0.1, 0.15) is 0 Å². The second-order valence-corrected chi connectivity index (χ2v) is 32.2. The Balaban J connectivity index is 0.000000115. The highest BCUT2D eigenvalue weighted by Crippen LogP contribution is 2.46. The molecule has 7 heterocycles. The zero-order chi connectivity index (χ0) is 82.9. The van der Waals surface area contributed by atoms with Crippen molar-refractivity contribution in [2.45, 2.75) is 132 Å². The lowest BCUT2D eigenvalue weighted by Crippen LogP contribution is -2.28. The number of anilines is 5. The first-order valence-electron chi connectivity index (χ1n) is 41.5. The van der Waals surface area contributed by atoms with Crippen molar-refractivity contribution in [1.29, 1.82) is 0 Å². The van der Waals surface area contributed by atoms with Crippen molar-refractivity contribution < 1.29 is 0 Å². The maximum Gasteiger partial charge on any atom is 0.0848 e. The summed E-state index contributed by atoms with van der Waals surface area (Å²) >= 11 is 0. The Morgan fingerprint density at radius 1 is 0.445 bits per heavy atom. The molecule has 4 unspecified atom stereocenters. The van der Waals surface area contributed by atoms with Crippen LogP contribution in [-0.2, 0) is 38.6 Å². The third-order valence-corrected chi connectivity index (χ3v) is 22.6. The number of nitrogen functional groups attached to an aromatic ring is 1. The van der Waals surface area contributed by atoms with Crippen LogP contribution in [0.2, 0.25) is 0 Å². The summed E-state index contributed by atoms with van der Waals surface area (Å²) in [4.78, 5) is 17.0. The van der Waals surface area contributed by atoms with Gasteiger partial charge in [-0.2, -0.15) is 10.2 Å². The van der Waals surface area contributed by atoms with Gasteiger partial charge < -0.3 is 25.2 Å². The summed E-state index contributed by atoms with van der Waals surface area (Å²) in [5.74, 6) is 5.15. The van der Waals surface area contributed by atoms with E-state index in [0.717, 1.165) is 71.8 Å². The number of hydrazone groups is 2. The van der Waals surface area contributed by atoms with Crippen molar-refractivity contribution >= 4 is 61.7 Å². The van der Waals surface area contributed by atoms with Crippen LogP contribution in [-0.4, -0.2) is 39.5 Å². The van der Waals surface area contributed by atoms with Crippen molar-refractivity contribution in [3.63, 3.8) is 0 Å². The number of nitrogens with one attached hydrogen (secondary N) is 4. The number of H-pyrrole nitrogens is 1. The number of nitroso groups, excluding NO2 is 1. The van der Waals surface area contributed by atoms with Crippen LogP contribution in [0.25, 0.3) is 33.1 Å². The summed E-state index contributed by atoms with van der Waals surface area (Å²) in [5.41, 5.74) is 42.4. The third kappa shape index (κ3) is 20.4. The predicted molar refractivity (Wildman–Crippen MR) is 501 cm³/mol. The lowest BCUT2D eigenvalue weighted by molar-refractivity contribution is 0.308. The summed E-state index contributed by atoms with van der Waals surface area (Å²) in [6.07, 6.45) is 5.27. The summed E-state index contributed by atoms with van der Waals surface area (Å²) in [6, 6.07) is 113. The fraction of sp³-hybridized carbons (Fsp3) is 0.208. The molecule has 0 saturated carbocycles. The van der Waals surface area contributed by atoms with Crippen LogP contribution in [0.5, 0.6) is 0 Å². The highest BCUT2D eigenvalue weighted by Gasteiger charge is 2.35. The van der Waals surface area contributed by atoms with Gasteiger partial charge in [0.25, 0.3) is 0 Å². The molecule has 600 valence electrons. The smallest absolute Gasteiger partial charge is 0.0848 e. The standard InChI is InChI=1S/C21H22N2.C18H20N2.C15H14N2O.C15H16N2.C15H15N.C15H13N.C7H10N2/c1-14-10-16-12-20(15-6-4-3-5-7-15)23-19-8-9-22(2)13-18(19)17(11-14)21(16)23;1-13(2)19-20-17-10-9-14(3)11-16(17)12-18(20)15-7-5-4-6-8-15;1-11-7-8-14-13(9-11)10-15(17(14)16-18)12-5-3-2-4-6-12;1-12-8-10-15(11-9-12)17-16-13(2)14-6-4-3-5-7-14;2*1-11-7-8-14-13(9-11)10-15(16-14)12-5-3-2-4-6-12;1-6-2-4-7(9-8)5-3-6/h3-7,10-11,20H,8-9,12-13H2,1-2H3;4-11,18H,12H2,1-3H3;2-9,15H,10H2,1H3;3-11,17H,1-2H3;2-9,15-16H,10H2,1H3;2-10,16H,1H3;2-5,9H,8H2,1H3/b;;;16-13+;;;. The number of fused-ring (bicyclic) bond motifs is 7. The number of rotatable bonds is 11. The van der Waals surface area contributed by atoms with Crippen LogP contribution in [0.15, 0.2) is 337 Å². The van der Waals surface area contributed by atoms with Crippen LogP contribution in [0.3, 0.4) is 0 Å². The van der Waals surface area contributed by atoms with Crippen LogP contribution < -0.4 is 32.0 Å². The maximum absolute atomic E-state index is 11.1. The molecule has 15 aromatic rings. The minimum Gasteiger partial charge on any atom is -0.378 e. The normalized spacial score (nSPS) is 15.6. The van der Waals surface area contributed by atoms with E-state index in [1.807, 2.05) is 131 Å². The molecule has 0 amide bonds. The molecule has 0 aliphatic carbocycles. The molecule has 0 radical (unpaired) electrons. The van der Waals surface area contributed by atoms with Gasteiger partial charge in [0, 0.05) is 77.1 Å². The van der Waals surface area contributed by atoms with Crippen molar-refractivity contribution in [1.82, 2.24) is 14.5 Å². The number of hydrogen-bond acceptors (Lipinski definition) is 10. The largest absolute Gasteiger partial charge is 0.378 e. The average molecular weight is 1570 g/mol. The van der Waals surface area contributed by atoms with Gasteiger partial charge in [-0.25, -0.2) is 5.01 Å². The van der Waals surface area contributed by atoms with E-state index in [1.54, 1.807) is 16.3 Å². The molecule has 5 aliphatic rings. The first-order chi connectivity index (χ1) is 57.9. The highest BCUT2D eigenvalue weighted by atomic mass is 16.3. The van der Waals surface area contributed by atoms with Crippen molar-refractivity contribution in [2.75, 3.05) is 39.8 Å². The van der Waals surface area contributed by atoms with Gasteiger partial charge in [-0.1, -0.05) is 294 Å². The number of aromatic amines is 1. The molecule has 5 aliphatic heterocycles. The molecule has 2 aromatic heterocycles. The van der Waals surface area contributed by atoms with E-state index < -0.39 is 0 Å². The monoisotopic (exact) mass is 1570 g/mol. The van der Waals surface area contributed by atoms with E-state index in [2.05, 4.69) is 313 Å². The molecular weight excluding hydrogens is 1460 g/mol. The molecule has 0 spiro atoms. The third-order valence-electron chi connectivity index (χ3n) is 22.6. The number of hydrogen-bond donors (Lipinski definition) is 5. The van der Waals surface area contributed by atoms with Crippen molar-refractivity contribution in [2.24, 2.45) is 21.3 Å². The van der Waals surface area contributed by atoms with E-state index in [0.29, 0.717) is 18.1 Å². The Morgan fingerprint density at radius 2 is 0.916 bits per heavy atom. The Labute approximate surface area is 703 Å². The number of aromatic nitrogens is 2. The fourth-order valence-electron chi connectivity index (χ4n) is 16.6. The molecule has 119 heavy (non-hydrogen) atoms. The predicted octanol–water partition coefficient (Wildman–Crippen LogP) is 25.3. The van der Waals surface area contributed by atoms with Crippen molar-refractivity contribution in [3.05, 3.63) is 427 Å². The maximum atomic E-state index is 11.1. The quantitative estimate of drug-likeness (QED) is 0.0372. The summed E-state index contributed by atoms with van der Waals surface area (Å²) < 4.78 is 2.67. The summed E-state index contributed by atoms with van der Waals surface area (Å²) in [6.45, 7) is 23.2. The molecule has 0 fully saturated rings. The van der Waals surface area contributed by atoms with Gasteiger partial charge in [-0.05, 0) is 217 Å². The lowest BCUT2D eigenvalue weighted by Gasteiger charge is -2.26. The second kappa shape index (κ2) is 38.7. The van der Waals surface area contributed by atoms with Crippen LogP contribution in [0.4, 0.5) is 28.4 Å². The minimum absolute atomic E-state index is 0.0282. The number of nitrogens with zero attached hydrogens (tertiary/aromatic N) is 7. The lowest BCUT2D eigenvalue weighted by atomic mass is 9.96. The van der Waals surface area contributed by atoms with E-state index in [-0.39, 0.29) is 6.04 Å². The van der Waals surface area contributed by atoms with Crippen LogP contribution >= 0.6 is 0 Å². The Hall–Kier alpha value is -13.2. The van der Waals surface area contributed by atoms with E-state index in [9.17, 15) is 4.91 Å². The first-order valence-corrected chi connectivity index (χ1v) is 41.5. The molecule has 0 bridgehead atoms. The fourth-order valence-corrected chi connectivity index (χ4v) is 16.6. The van der Waals surface area contributed by atoms with Gasteiger partial charge >= 0.3 is 0 Å². The average Bonchev–Trinajstić information content (AvgIpc) is 1.55. The van der Waals surface area contributed by atoms with Crippen LogP contribution in [0.1, 0.15) is 145 Å². The number of nitrogens with two attached hydrogens (primary N) is 1. The summed E-state index contributed by atoms with van der Waals surface area (Å²) in [7, 11) is 2.24. The van der Waals surface area contributed by atoms with Crippen molar-refractivity contribution in [3.8, 4) is 11.3 Å². The van der Waals surface area contributed by atoms with Crippen LogP contribution in [0, 0.1) is 53.4 Å². The summed E-state index contributed by atoms with van der Waals surface area (Å²) in [5, 5.41) is 22.4. The van der Waals surface area contributed by atoms with Gasteiger partial charge in [0.2, 0.25) is 0 Å². The Morgan fingerprint density at radius 3 is 1.48 bits per heavy atom. The Kier molecular flexibility index (Phi) is 26.8.